The Kier molecular flexibility index (Phi) is 5.26. The summed E-state index contributed by atoms with van der Waals surface area (Å²) in [5, 5.41) is 9.47. The fourth-order valence-electron chi connectivity index (χ4n) is 4.00. The fourth-order valence-corrected chi connectivity index (χ4v) is 4.00. The summed E-state index contributed by atoms with van der Waals surface area (Å²) < 4.78 is 0. The molecule has 2 aliphatic rings. The van der Waals surface area contributed by atoms with Gasteiger partial charge in [-0.05, 0) is 56.9 Å². The molecule has 0 spiro atoms. The van der Waals surface area contributed by atoms with Crippen LogP contribution in [0, 0.1) is 11.8 Å². The number of fused-ring (bicyclic) bond motifs is 1. The molecule has 3 heteroatoms. The van der Waals surface area contributed by atoms with E-state index in [-0.39, 0.29) is 6.04 Å². The number of rotatable bonds is 5. The van der Waals surface area contributed by atoms with E-state index < -0.39 is 5.97 Å². The van der Waals surface area contributed by atoms with E-state index in [9.17, 15) is 9.90 Å². The molecule has 0 amide bonds. The minimum atomic E-state index is -0.603. The first-order valence-corrected chi connectivity index (χ1v) is 8.08. The average molecular weight is 267 g/mol. The molecule has 1 saturated heterocycles. The van der Waals surface area contributed by atoms with Gasteiger partial charge in [-0.1, -0.05) is 26.7 Å². The lowest BCUT2D eigenvalue weighted by Gasteiger charge is -2.47. The molecule has 0 bridgehead atoms. The van der Waals surface area contributed by atoms with Crippen LogP contribution in [0.25, 0.3) is 0 Å². The molecule has 3 nitrogen and oxygen atoms in total. The van der Waals surface area contributed by atoms with Crippen molar-refractivity contribution in [3.05, 3.63) is 0 Å². The van der Waals surface area contributed by atoms with Gasteiger partial charge >= 0.3 is 5.97 Å². The number of carboxylic acids is 1. The van der Waals surface area contributed by atoms with Gasteiger partial charge in [0.25, 0.3) is 0 Å². The van der Waals surface area contributed by atoms with Gasteiger partial charge in [-0.25, -0.2) is 0 Å². The highest BCUT2D eigenvalue weighted by Gasteiger charge is 2.40. The molecule has 3 atom stereocenters. The normalized spacial score (nSPS) is 32.3. The number of nitrogens with zero attached hydrogens (tertiary/aromatic N) is 1. The van der Waals surface area contributed by atoms with Gasteiger partial charge in [0, 0.05) is 6.04 Å². The summed E-state index contributed by atoms with van der Waals surface area (Å²) in [5.41, 5.74) is 0. The molecular formula is C16H29NO2. The predicted octanol–water partition coefficient (Wildman–Crippen LogP) is 3.53. The molecule has 110 valence electrons. The zero-order valence-electron chi connectivity index (χ0n) is 12.5. The lowest BCUT2D eigenvalue weighted by molar-refractivity contribution is -0.148. The highest BCUT2D eigenvalue weighted by atomic mass is 16.4. The van der Waals surface area contributed by atoms with Crippen molar-refractivity contribution in [2.75, 3.05) is 6.54 Å². The maximum Gasteiger partial charge on any atom is 0.320 e. The molecular weight excluding hydrogens is 238 g/mol. The third-order valence-electron chi connectivity index (χ3n) is 4.99. The first-order valence-electron chi connectivity index (χ1n) is 8.08. The van der Waals surface area contributed by atoms with Crippen LogP contribution in [0.5, 0.6) is 0 Å². The zero-order valence-corrected chi connectivity index (χ0v) is 12.5. The number of aliphatic carboxylic acids is 1. The highest BCUT2D eigenvalue weighted by molar-refractivity contribution is 5.73. The van der Waals surface area contributed by atoms with Crippen molar-refractivity contribution in [2.24, 2.45) is 11.8 Å². The lowest BCUT2D eigenvalue weighted by Crippen LogP contribution is -2.55. The first kappa shape index (κ1) is 14.8. The van der Waals surface area contributed by atoms with Gasteiger partial charge in [-0.15, -0.1) is 0 Å². The second-order valence-corrected chi connectivity index (χ2v) is 6.82. The van der Waals surface area contributed by atoms with Crippen molar-refractivity contribution < 1.29 is 9.90 Å². The largest absolute Gasteiger partial charge is 0.480 e. The summed E-state index contributed by atoms with van der Waals surface area (Å²) in [4.78, 5) is 13.8. The number of hydrogen-bond acceptors (Lipinski definition) is 2. The second kappa shape index (κ2) is 6.74. The Balaban J connectivity index is 1.99. The smallest absolute Gasteiger partial charge is 0.320 e. The first-order chi connectivity index (χ1) is 9.09. The van der Waals surface area contributed by atoms with E-state index in [1.54, 1.807) is 0 Å². The summed E-state index contributed by atoms with van der Waals surface area (Å²) >= 11 is 0. The molecule has 2 rings (SSSR count). The third-order valence-corrected chi connectivity index (χ3v) is 4.99. The molecule has 1 saturated carbocycles. The summed E-state index contributed by atoms with van der Waals surface area (Å²) in [6, 6.07) is 0.335. The van der Waals surface area contributed by atoms with Gasteiger partial charge in [0.1, 0.15) is 6.04 Å². The van der Waals surface area contributed by atoms with Crippen molar-refractivity contribution >= 4 is 5.97 Å². The van der Waals surface area contributed by atoms with E-state index in [4.69, 9.17) is 0 Å². The van der Waals surface area contributed by atoms with Crippen molar-refractivity contribution in [1.29, 1.82) is 0 Å². The molecule has 0 radical (unpaired) electrons. The Hall–Kier alpha value is -0.570. The van der Waals surface area contributed by atoms with Crippen molar-refractivity contribution in [2.45, 2.75) is 77.3 Å². The molecule has 1 heterocycles. The molecule has 2 fully saturated rings. The minimum Gasteiger partial charge on any atom is -0.480 e. The SMILES string of the molecule is CC(C)CCCN1C(C(=O)O)CCC2CCCCC21. The molecule has 1 aliphatic carbocycles. The lowest BCUT2D eigenvalue weighted by atomic mass is 9.76. The maximum absolute atomic E-state index is 11.5. The van der Waals surface area contributed by atoms with Gasteiger partial charge in [0.15, 0.2) is 0 Å². The van der Waals surface area contributed by atoms with Crippen LogP contribution < -0.4 is 0 Å². The van der Waals surface area contributed by atoms with E-state index in [1.165, 1.54) is 32.1 Å². The van der Waals surface area contributed by atoms with Crippen LogP contribution in [0.2, 0.25) is 0 Å². The van der Waals surface area contributed by atoms with Crippen molar-refractivity contribution in [1.82, 2.24) is 4.90 Å². The summed E-state index contributed by atoms with van der Waals surface area (Å²) in [7, 11) is 0. The summed E-state index contributed by atoms with van der Waals surface area (Å²) in [6.07, 6.45) is 9.51. The minimum absolute atomic E-state index is 0.216. The zero-order chi connectivity index (χ0) is 13.8. The van der Waals surface area contributed by atoms with Crippen molar-refractivity contribution in [3.63, 3.8) is 0 Å². The highest BCUT2D eigenvalue weighted by Crippen LogP contribution is 2.38. The monoisotopic (exact) mass is 267 g/mol. The molecule has 19 heavy (non-hydrogen) atoms. The number of piperidine rings is 1. The van der Waals surface area contributed by atoms with E-state index in [0.717, 1.165) is 37.6 Å². The van der Waals surface area contributed by atoms with E-state index in [2.05, 4.69) is 18.7 Å². The van der Waals surface area contributed by atoms with Gasteiger partial charge in [0.2, 0.25) is 0 Å². The quantitative estimate of drug-likeness (QED) is 0.828. The fraction of sp³-hybridized carbons (Fsp3) is 0.938. The second-order valence-electron chi connectivity index (χ2n) is 6.82. The molecule has 1 N–H and O–H groups in total. The third kappa shape index (κ3) is 3.71. The molecule has 0 aromatic carbocycles. The maximum atomic E-state index is 11.5. The van der Waals surface area contributed by atoms with Crippen LogP contribution in [-0.4, -0.2) is 34.6 Å². The Morgan fingerprint density at radius 3 is 2.63 bits per heavy atom. The molecule has 3 unspecified atom stereocenters. The van der Waals surface area contributed by atoms with E-state index >= 15 is 0 Å². The molecule has 1 aliphatic heterocycles. The average Bonchev–Trinajstić information content (AvgIpc) is 2.38. The van der Waals surface area contributed by atoms with Crippen molar-refractivity contribution in [3.8, 4) is 0 Å². The van der Waals surface area contributed by atoms with Crippen LogP contribution in [-0.2, 0) is 4.79 Å². The van der Waals surface area contributed by atoms with Gasteiger partial charge in [-0.3, -0.25) is 9.69 Å². The van der Waals surface area contributed by atoms with E-state index in [0.29, 0.717) is 6.04 Å². The van der Waals surface area contributed by atoms with Crippen LogP contribution in [0.1, 0.15) is 65.2 Å². The van der Waals surface area contributed by atoms with Crippen LogP contribution in [0.4, 0.5) is 0 Å². The Labute approximate surface area is 117 Å². The van der Waals surface area contributed by atoms with Gasteiger partial charge in [-0.2, -0.15) is 0 Å². The number of carboxylic acid groups (broad SMARTS) is 1. The standard InChI is InChI=1S/C16H29NO2/c1-12(2)6-5-11-17-14-8-4-3-7-13(14)9-10-15(17)16(18)19/h12-15H,3-11H2,1-2H3,(H,18,19). The number of carbonyl (C=O) groups is 1. The number of hydrogen-bond donors (Lipinski definition) is 1. The van der Waals surface area contributed by atoms with E-state index in [1.807, 2.05) is 0 Å². The number of likely N-dealkylation sites (tertiary alicyclic amines) is 1. The summed E-state index contributed by atoms with van der Waals surface area (Å²) in [5.74, 6) is 0.882. The summed E-state index contributed by atoms with van der Waals surface area (Å²) in [6.45, 7) is 5.47. The topological polar surface area (TPSA) is 40.5 Å². The molecule has 0 aromatic rings. The Bertz CT molecular complexity index is 303. The van der Waals surface area contributed by atoms with Gasteiger partial charge < -0.3 is 5.11 Å². The predicted molar refractivity (Wildman–Crippen MR) is 77.2 cm³/mol. The van der Waals surface area contributed by atoms with Crippen LogP contribution in [0.3, 0.4) is 0 Å². The van der Waals surface area contributed by atoms with Gasteiger partial charge in [0.05, 0.1) is 0 Å². The van der Waals surface area contributed by atoms with Crippen LogP contribution >= 0.6 is 0 Å². The Morgan fingerprint density at radius 1 is 1.21 bits per heavy atom. The van der Waals surface area contributed by atoms with Crippen LogP contribution in [0.15, 0.2) is 0 Å². The Morgan fingerprint density at radius 2 is 1.95 bits per heavy atom. The molecule has 0 aromatic heterocycles.